The monoisotopic (exact) mass is 428 g/mol. The summed E-state index contributed by atoms with van der Waals surface area (Å²) in [6.07, 6.45) is 3.66. The van der Waals surface area contributed by atoms with Crippen molar-refractivity contribution in [2.24, 2.45) is 5.92 Å². The normalized spacial score (nSPS) is 16.3. The summed E-state index contributed by atoms with van der Waals surface area (Å²) in [5.41, 5.74) is 2.40. The summed E-state index contributed by atoms with van der Waals surface area (Å²) in [6.45, 7) is 4.04. The molecular weight excluding hydrogens is 396 g/mol. The van der Waals surface area contributed by atoms with E-state index in [9.17, 15) is 9.59 Å². The van der Waals surface area contributed by atoms with E-state index in [1.165, 1.54) is 10.9 Å². The zero-order chi connectivity index (χ0) is 22.6. The number of amides is 1. The minimum absolute atomic E-state index is 0.0231. The van der Waals surface area contributed by atoms with E-state index in [0.29, 0.717) is 12.3 Å². The maximum absolute atomic E-state index is 12.7. The SMILES string of the molecule is CC(=O)C(Cc1ccc2ccccc2c1)NC(=O)CNC1(C(C)Cc2ccccc2)CC1. The number of carbonyl (C=O) groups is 2. The fraction of sp³-hybridized carbons (Fsp3) is 0.357. The maximum atomic E-state index is 12.7. The third-order valence-corrected chi connectivity index (χ3v) is 6.80. The Morgan fingerprint density at radius 2 is 1.56 bits per heavy atom. The van der Waals surface area contributed by atoms with Gasteiger partial charge in [0.2, 0.25) is 5.91 Å². The molecule has 0 saturated heterocycles. The van der Waals surface area contributed by atoms with Crippen molar-refractivity contribution in [3.8, 4) is 0 Å². The average molecular weight is 429 g/mol. The number of carbonyl (C=O) groups excluding carboxylic acids is 2. The molecule has 0 aliphatic heterocycles. The van der Waals surface area contributed by atoms with Crippen LogP contribution in [0.3, 0.4) is 0 Å². The van der Waals surface area contributed by atoms with Crippen LogP contribution in [0, 0.1) is 5.92 Å². The molecule has 2 unspecified atom stereocenters. The topological polar surface area (TPSA) is 58.2 Å². The lowest BCUT2D eigenvalue weighted by Crippen LogP contribution is -2.48. The fourth-order valence-corrected chi connectivity index (χ4v) is 4.54. The highest BCUT2D eigenvalue weighted by Gasteiger charge is 2.46. The molecule has 4 rings (SSSR count). The van der Waals surface area contributed by atoms with Gasteiger partial charge in [-0.2, -0.15) is 0 Å². The molecule has 0 radical (unpaired) electrons. The molecule has 4 heteroatoms. The van der Waals surface area contributed by atoms with Gasteiger partial charge in [-0.1, -0.05) is 79.7 Å². The molecule has 0 bridgehead atoms. The van der Waals surface area contributed by atoms with Crippen molar-refractivity contribution in [2.45, 2.75) is 51.1 Å². The molecule has 2 N–H and O–H groups in total. The first-order valence-electron chi connectivity index (χ1n) is 11.5. The van der Waals surface area contributed by atoms with Crippen molar-refractivity contribution >= 4 is 22.5 Å². The molecule has 1 fully saturated rings. The van der Waals surface area contributed by atoms with Gasteiger partial charge in [-0.05, 0) is 60.4 Å². The van der Waals surface area contributed by atoms with E-state index in [0.717, 1.165) is 30.2 Å². The van der Waals surface area contributed by atoms with Gasteiger partial charge in [-0.15, -0.1) is 0 Å². The summed E-state index contributed by atoms with van der Waals surface area (Å²) in [5, 5.41) is 8.76. The standard InChI is InChI=1S/C28H32N2O2/c1-20(16-22-8-4-3-5-9-22)28(14-15-28)29-19-27(32)30-26(21(2)31)18-23-12-13-24-10-6-7-11-25(24)17-23/h3-13,17,20,26,29H,14-16,18-19H2,1-2H3,(H,30,32). The van der Waals surface area contributed by atoms with E-state index in [4.69, 9.17) is 0 Å². The highest BCUT2D eigenvalue weighted by Crippen LogP contribution is 2.43. The van der Waals surface area contributed by atoms with E-state index in [2.05, 4.69) is 66.1 Å². The van der Waals surface area contributed by atoms with Gasteiger partial charge in [0.15, 0.2) is 5.78 Å². The summed E-state index contributed by atoms with van der Waals surface area (Å²) in [7, 11) is 0. The van der Waals surface area contributed by atoms with Crippen molar-refractivity contribution in [1.82, 2.24) is 10.6 Å². The number of nitrogens with one attached hydrogen (secondary N) is 2. The zero-order valence-electron chi connectivity index (χ0n) is 18.9. The van der Waals surface area contributed by atoms with Crippen molar-refractivity contribution in [3.63, 3.8) is 0 Å². The van der Waals surface area contributed by atoms with Crippen LogP contribution in [0.25, 0.3) is 10.8 Å². The Balaban J connectivity index is 1.32. The molecule has 2 atom stereocenters. The molecule has 3 aromatic carbocycles. The lowest BCUT2D eigenvalue weighted by Gasteiger charge is -2.25. The van der Waals surface area contributed by atoms with Crippen LogP contribution in [0.15, 0.2) is 72.8 Å². The Morgan fingerprint density at radius 1 is 0.875 bits per heavy atom. The fourth-order valence-electron chi connectivity index (χ4n) is 4.54. The molecule has 1 amide bonds. The Labute approximate surface area is 190 Å². The van der Waals surface area contributed by atoms with E-state index in [-0.39, 0.29) is 23.8 Å². The van der Waals surface area contributed by atoms with Crippen LogP contribution in [-0.4, -0.2) is 29.8 Å². The first kappa shape index (κ1) is 22.2. The lowest BCUT2D eigenvalue weighted by molar-refractivity contribution is -0.126. The second-order valence-electron chi connectivity index (χ2n) is 9.22. The van der Waals surface area contributed by atoms with Crippen molar-refractivity contribution in [2.75, 3.05) is 6.54 Å². The van der Waals surface area contributed by atoms with Gasteiger partial charge < -0.3 is 10.6 Å². The molecular formula is C28H32N2O2. The van der Waals surface area contributed by atoms with Crippen LogP contribution in [0.5, 0.6) is 0 Å². The quantitative estimate of drug-likeness (QED) is 0.501. The predicted octanol–water partition coefficient (Wildman–Crippen LogP) is 4.46. The number of benzene rings is 3. The van der Waals surface area contributed by atoms with Crippen molar-refractivity contribution in [1.29, 1.82) is 0 Å². The van der Waals surface area contributed by atoms with Gasteiger partial charge >= 0.3 is 0 Å². The number of ketones is 1. The summed E-state index contributed by atoms with van der Waals surface area (Å²) in [5.74, 6) is 0.299. The van der Waals surface area contributed by atoms with Crippen molar-refractivity contribution in [3.05, 3.63) is 83.9 Å². The Hall–Kier alpha value is -2.98. The Bertz CT molecular complexity index is 1090. The second-order valence-corrected chi connectivity index (χ2v) is 9.22. The molecule has 1 aliphatic carbocycles. The summed E-state index contributed by atoms with van der Waals surface area (Å²) < 4.78 is 0. The highest BCUT2D eigenvalue weighted by atomic mass is 16.2. The maximum Gasteiger partial charge on any atom is 0.234 e. The van der Waals surface area contributed by atoms with E-state index in [1.54, 1.807) is 6.92 Å². The highest BCUT2D eigenvalue weighted by molar-refractivity contribution is 5.89. The minimum Gasteiger partial charge on any atom is -0.345 e. The van der Waals surface area contributed by atoms with Gasteiger partial charge in [0, 0.05) is 5.54 Å². The molecule has 0 aromatic heterocycles. The van der Waals surface area contributed by atoms with Crippen LogP contribution in [0.4, 0.5) is 0 Å². The Kier molecular flexibility index (Phi) is 6.71. The van der Waals surface area contributed by atoms with E-state index in [1.807, 2.05) is 24.3 Å². The summed E-state index contributed by atoms with van der Waals surface area (Å²) >= 11 is 0. The summed E-state index contributed by atoms with van der Waals surface area (Å²) in [6, 6.07) is 24.3. The third kappa shape index (κ3) is 5.43. The van der Waals surface area contributed by atoms with Gasteiger partial charge in [-0.25, -0.2) is 0 Å². The van der Waals surface area contributed by atoms with Crippen LogP contribution in [0.1, 0.15) is 37.8 Å². The smallest absolute Gasteiger partial charge is 0.234 e. The van der Waals surface area contributed by atoms with E-state index >= 15 is 0 Å². The molecule has 1 aliphatic rings. The molecule has 0 heterocycles. The number of fused-ring (bicyclic) bond motifs is 1. The van der Waals surface area contributed by atoms with Gasteiger partial charge in [0.05, 0.1) is 12.6 Å². The van der Waals surface area contributed by atoms with Crippen LogP contribution in [-0.2, 0) is 22.4 Å². The first-order valence-corrected chi connectivity index (χ1v) is 11.5. The first-order chi connectivity index (χ1) is 15.4. The molecule has 3 aromatic rings. The molecule has 4 nitrogen and oxygen atoms in total. The van der Waals surface area contributed by atoms with Gasteiger partial charge in [-0.3, -0.25) is 9.59 Å². The number of hydrogen-bond donors (Lipinski definition) is 2. The molecule has 166 valence electrons. The second kappa shape index (κ2) is 9.66. The summed E-state index contributed by atoms with van der Waals surface area (Å²) in [4.78, 5) is 24.9. The van der Waals surface area contributed by atoms with Crippen LogP contribution < -0.4 is 10.6 Å². The number of Topliss-reactive ketones (excluding diaryl/α,β-unsaturated/α-hetero) is 1. The number of hydrogen-bond acceptors (Lipinski definition) is 3. The average Bonchev–Trinajstić information content (AvgIpc) is 3.59. The van der Waals surface area contributed by atoms with Gasteiger partial charge in [0.1, 0.15) is 0 Å². The molecule has 1 saturated carbocycles. The molecule has 0 spiro atoms. The minimum atomic E-state index is -0.512. The lowest BCUT2D eigenvalue weighted by atomic mass is 9.91. The van der Waals surface area contributed by atoms with Gasteiger partial charge in [0.25, 0.3) is 0 Å². The predicted molar refractivity (Wildman–Crippen MR) is 130 cm³/mol. The largest absolute Gasteiger partial charge is 0.345 e. The van der Waals surface area contributed by atoms with Crippen molar-refractivity contribution < 1.29 is 9.59 Å². The third-order valence-electron chi connectivity index (χ3n) is 6.80. The zero-order valence-corrected chi connectivity index (χ0v) is 18.9. The molecule has 32 heavy (non-hydrogen) atoms. The van der Waals surface area contributed by atoms with E-state index < -0.39 is 6.04 Å². The van der Waals surface area contributed by atoms with Crippen LogP contribution in [0.2, 0.25) is 0 Å². The Morgan fingerprint density at radius 3 is 2.25 bits per heavy atom. The van der Waals surface area contributed by atoms with Crippen LogP contribution >= 0.6 is 0 Å². The number of rotatable bonds is 10.